The van der Waals surface area contributed by atoms with E-state index in [0.717, 1.165) is 53.0 Å². The van der Waals surface area contributed by atoms with Gasteiger partial charge in [-0.05, 0) is 126 Å². The number of amides is 3. The average Bonchev–Trinajstić information content (AvgIpc) is 3.49. The van der Waals surface area contributed by atoms with Crippen LogP contribution in [0.4, 0.5) is 24.3 Å². The van der Waals surface area contributed by atoms with Gasteiger partial charge in [-0.1, -0.05) is 24.3 Å². The number of carboxylic acid groups (broad SMARTS) is 1. The molecule has 10 nitrogen and oxygen atoms in total. The number of aromatic carboxylic acids is 1. The molecule has 1 aliphatic heterocycles. The number of carbonyl (C=O) groups is 4. The maximum Gasteiger partial charge on any atom is 0.410 e. The van der Waals surface area contributed by atoms with Crippen LogP contribution in [0.3, 0.4) is 0 Å². The summed E-state index contributed by atoms with van der Waals surface area (Å²) in [4.78, 5) is 56.5. The lowest BCUT2D eigenvalue weighted by atomic mass is 9.95. The third-order valence-corrected chi connectivity index (χ3v) is 11.4. The number of nitrogens with zero attached hydrogens (tertiary/aromatic N) is 2. The van der Waals surface area contributed by atoms with E-state index in [1.807, 2.05) is 39.0 Å². The molecule has 1 aliphatic carbocycles. The minimum Gasteiger partial charge on any atom is -0.478 e. The van der Waals surface area contributed by atoms with Gasteiger partial charge in [0, 0.05) is 53.4 Å². The number of fused-ring (bicyclic) bond motifs is 1. The van der Waals surface area contributed by atoms with Crippen molar-refractivity contribution in [1.82, 2.24) is 9.80 Å². The fourth-order valence-corrected chi connectivity index (χ4v) is 8.54. The van der Waals surface area contributed by atoms with Crippen LogP contribution in [-0.2, 0) is 37.0 Å². The molecule has 0 spiro atoms. The summed E-state index contributed by atoms with van der Waals surface area (Å²) in [7, 11) is 0. The van der Waals surface area contributed by atoms with E-state index < -0.39 is 29.1 Å². The van der Waals surface area contributed by atoms with Crippen LogP contribution in [-0.4, -0.2) is 69.6 Å². The Morgan fingerprint density at radius 1 is 0.857 bits per heavy atom. The summed E-state index contributed by atoms with van der Waals surface area (Å²) >= 11 is 1.35. The van der Waals surface area contributed by atoms with Gasteiger partial charge in [0.1, 0.15) is 22.2 Å². The van der Waals surface area contributed by atoms with Crippen molar-refractivity contribution in [3.63, 3.8) is 0 Å². The van der Waals surface area contributed by atoms with Crippen molar-refractivity contribution in [3.05, 3.63) is 116 Å². The van der Waals surface area contributed by atoms with Crippen LogP contribution < -0.4 is 10.6 Å². The van der Waals surface area contributed by atoms with Gasteiger partial charge in [-0.3, -0.25) is 14.5 Å². The number of rotatable bonds is 10. The summed E-state index contributed by atoms with van der Waals surface area (Å²) in [5, 5.41) is 15.1. The lowest BCUT2D eigenvalue weighted by Crippen LogP contribution is -2.60. The van der Waals surface area contributed by atoms with Crippen molar-refractivity contribution in [1.29, 1.82) is 0 Å². The fraction of sp³-hybridized carbons (Fsp3) is 0.395. The summed E-state index contributed by atoms with van der Waals surface area (Å²) in [6.07, 6.45) is 3.23. The molecule has 1 saturated heterocycles. The monoisotopic (exact) mass is 786 g/mol. The molecule has 4 aromatic rings. The molecule has 2 heterocycles. The quantitative estimate of drug-likeness (QED) is 0.147. The number of piperazine rings is 1. The highest BCUT2D eigenvalue weighted by molar-refractivity contribution is 7.17. The van der Waals surface area contributed by atoms with Crippen LogP contribution in [0.5, 0.6) is 0 Å². The predicted octanol–water partition coefficient (Wildman–Crippen LogP) is 8.72. The van der Waals surface area contributed by atoms with E-state index in [4.69, 9.17) is 9.84 Å². The zero-order chi connectivity index (χ0) is 40.4. The minimum atomic E-state index is -1.06. The molecule has 1 aromatic heterocycles. The second-order valence-corrected chi connectivity index (χ2v) is 17.2. The van der Waals surface area contributed by atoms with E-state index in [-0.39, 0.29) is 47.2 Å². The lowest BCUT2D eigenvalue weighted by molar-refractivity contribution is -0.0177. The van der Waals surface area contributed by atoms with Crippen LogP contribution in [0.2, 0.25) is 0 Å². The van der Waals surface area contributed by atoms with Gasteiger partial charge in [-0.25, -0.2) is 18.4 Å². The highest BCUT2D eigenvalue weighted by Gasteiger charge is 2.37. The molecule has 296 valence electrons. The molecular weight excluding hydrogens is 739 g/mol. The SMILES string of the molecule is CC(C)(C)OC(=O)N1CCN(Cc2cccc(C(=O)Nc3sc4c(c3C(=O)Nc3cc(F)c(CCc5ccc(C(=O)O)cc5)c(F)c3)CCCC4)c2)C(C)(C)C1. The molecule has 3 amide bonds. The molecular formula is C43H48F2N4O6S. The van der Waals surface area contributed by atoms with Gasteiger partial charge in [-0.2, -0.15) is 0 Å². The molecule has 0 bridgehead atoms. The smallest absolute Gasteiger partial charge is 0.410 e. The summed E-state index contributed by atoms with van der Waals surface area (Å²) < 4.78 is 36.1. The largest absolute Gasteiger partial charge is 0.478 e. The highest BCUT2D eigenvalue weighted by atomic mass is 32.1. The number of nitrogens with one attached hydrogen (secondary N) is 2. The first-order valence-electron chi connectivity index (χ1n) is 18.9. The highest BCUT2D eigenvalue weighted by Crippen LogP contribution is 2.39. The molecule has 1 fully saturated rings. The molecule has 13 heteroatoms. The minimum absolute atomic E-state index is 0.0379. The zero-order valence-electron chi connectivity index (χ0n) is 32.4. The number of anilines is 2. The number of benzene rings is 3. The van der Waals surface area contributed by atoms with E-state index >= 15 is 8.78 Å². The van der Waals surface area contributed by atoms with Crippen LogP contribution in [0.1, 0.15) is 106 Å². The first-order chi connectivity index (χ1) is 26.5. The normalized spacial score (nSPS) is 15.5. The fourth-order valence-electron chi connectivity index (χ4n) is 7.26. The summed E-state index contributed by atoms with van der Waals surface area (Å²) in [5.74, 6) is -3.62. The maximum absolute atomic E-state index is 15.3. The Kier molecular flexibility index (Phi) is 12.0. The third kappa shape index (κ3) is 9.62. The second-order valence-electron chi connectivity index (χ2n) is 16.1. The molecule has 0 saturated carbocycles. The zero-order valence-corrected chi connectivity index (χ0v) is 33.2. The Hall–Kier alpha value is -5.14. The van der Waals surface area contributed by atoms with Crippen molar-refractivity contribution in [2.45, 2.75) is 90.8 Å². The van der Waals surface area contributed by atoms with Crippen LogP contribution >= 0.6 is 11.3 Å². The molecule has 2 aliphatic rings. The summed E-state index contributed by atoms with van der Waals surface area (Å²) in [5.41, 5.74) is 2.21. The number of thiophene rings is 1. The van der Waals surface area contributed by atoms with E-state index in [1.54, 1.807) is 23.1 Å². The maximum atomic E-state index is 15.3. The van der Waals surface area contributed by atoms with Gasteiger partial charge in [0.05, 0.1) is 11.1 Å². The van der Waals surface area contributed by atoms with E-state index in [2.05, 4.69) is 29.4 Å². The molecule has 0 atom stereocenters. The molecule has 3 N–H and O–H groups in total. The second kappa shape index (κ2) is 16.5. The lowest BCUT2D eigenvalue weighted by Gasteiger charge is -2.47. The number of hydrogen-bond donors (Lipinski definition) is 3. The van der Waals surface area contributed by atoms with E-state index in [9.17, 15) is 19.2 Å². The number of halogens is 2. The first kappa shape index (κ1) is 40.5. The summed E-state index contributed by atoms with van der Waals surface area (Å²) in [6, 6.07) is 15.6. The summed E-state index contributed by atoms with van der Waals surface area (Å²) in [6.45, 7) is 11.9. The third-order valence-electron chi connectivity index (χ3n) is 10.2. The predicted molar refractivity (Wildman–Crippen MR) is 213 cm³/mol. The average molecular weight is 787 g/mol. The van der Waals surface area contributed by atoms with Crippen molar-refractivity contribution in [2.75, 3.05) is 30.3 Å². The number of carbonyl (C=O) groups excluding carboxylic acids is 3. The van der Waals surface area contributed by atoms with Gasteiger partial charge >= 0.3 is 12.1 Å². The first-order valence-corrected chi connectivity index (χ1v) is 19.7. The van der Waals surface area contributed by atoms with Crippen molar-refractivity contribution >= 4 is 45.9 Å². The molecule has 6 rings (SSSR count). The van der Waals surface area contributed by atoms with E-state index in [0.29, 0.717) is 48.7 Å². The van der Waals surface area contributed by atoms with Gasteiger partial charge < -0.3 is 25.4 Å². The van der Waals surface area contributed by atoms with Crippen molar-refractivity contribution < 1.29 is 37.8 Å². The standard InChI is InChI=1S/C43H48F2N4O6S/c1-42(2,3)55-41(54)48-19-20-49(43(4,5)25-48)24-27-9-8-10-29(21-27)37(50)47-39-36(32-11-6-7-12-35(32)56-39)38(51)46-30-22-33(44)31(34(45)23-30)18-15-26-13-16-28(17-14-26)40(52)53/h8-10,13-14,16-17,21-23H,6-7,11-12,15,18-20,24-25H2,1-5H3,(H,46,51)(H,47,50)(H,52,53). The molecule has 56 heavy (non-hydrogen) atoms. The number of hydrogen-bond acceptors (Lipinski definition) is 7. The van der Waals surface area contributed by atoms with Crippen molar-refractivity contribution in [2.24, 2.45) is 0 Å². The Balaban J connectivity index is 1.14. The van der Waals surface area contributed by atoms with Gasteiger partial charge in [0.2, 0.25) is 0 Å². The van der Waals surface area contributed by atoms with Gasteiger partial charge in [-0.15, -0.1) is 11.3 Å². The molecule has 0 radical (unpaired) electrons. The number of ether oxygens (including phenoxy) is 1. The van der Waals surface area contributed by atoms with Crippen molar-refractivity contribution in [3.8, 4) is 0 Å². The van der Waals surface area contributed by atoms with Crippen LogP contribution in [0, 0.1) is 11.6 Å². The molecule has 3 aromatic carbocycles. The van der Waals surface area contributed by atoms with E-state index in [1.165, 1.54) is 23.5 Å². The van der Waals surface area contributed by atoms with Gasteiger partial charge in [0.15, 0.2) is 0 Å². The Morgan fingerprint density at radius 2 is 1.55 bits per heavy atom. The van der Waals surface area contributed by atoms with Crippen LogP contribution in [0.25, 0.3) is 0 Å². The Labute approximate surface area is 329 Å². The van der Waals surface area contributed by atoms with Crippen LogP contribution in [0.15, 0.2) is 60.7 Å². The Bertz CT molecular complexity index is 2120. The van der Waals surface area contributed by atoms with Gasteiger partial charge in [0.25, 0.3) is 11.8 Å². The Morgan fingerprint density at radius 3 is 2.21 bits per heavy atom. The topological polar surface area (TPSA) is 128 Å². The number of aryl methyl sites for hydroxylation is 2. The molecule has 0 unspecified atom stereocenters. The number of carboxylic acids is 1.